The second-order valence-corrected chi connectivity index (χ2v) is 6.68. The highest BCUT2D eigenvalue weighted by Crippen LogP contribution is 2.16. The van der Waals surface area contributed by atoms with Gasteiger partial charge in [0.15, 0.2) is 0 Å². The Morgan fingerprint density at radius 1 is 1.12 bits per heavy atom. The highest BCUT2D eigenvalue weighted by Gasteiger charge is 2.06. The topological polar surface area (TPSA) is 24.1 Å². The molecule has 0 radical (unpaired) electrons. The third-order valence-electron chi connectivity index (χ3n) is 2.55. The van der Waals surface area contributed by atoms with Gasteiger partial charge in [-0.1, -0.05) is 6.92 Å². The van der Waals surface area contributed by atoms with Crippen LogP contribution in [0.1, 0.15) is 43.9 Å². The van der Waals surface area contributed by atoms with E-state index >= 15 is 0 Å². The van der Waals surface area contributed by atoms with Crippen LogP contribution < -0.4 is 10.6 Å². The smallest absolute Gasteiger partial charge is 0.0299 e. The summed E-state index contributed by atoms with van der Waals surface area (Å²) in [5.74, 6) is 0. The molecule has 1 heterocycles. The Morgan fingerprint density at radius 2 is 1.82 bits per heavy atom. The third-order valence-corrected chi connectivity index (χ3v) is 3.78. The first-order valence-electron chi connectivity index (χ1n) is 6.54. The zero-order valence-electron chi connectivity index (χ0n) is 11.6. The van der Waals surface area contributed by atoms with Crippen LogP contribution in [0.3, 0.4) is 0 Å². The van der Waals surface area contributed by atoms with Gasteiger partial charge in [-0.2, -0.15) is 0 Å². The quantitative estimate of drug-likeness (QED) is 0.730. The van der Waals surface area contributed by atoms with Crippen molar-refractivity contribution < 1.29 is 0 Å². The number of thiophene rings is 1. The fraction of sp³-hybridized carbons (Fsp3) is 0.714. The van der Waals surface area contributed by atoms with E-state index in [9.17, 15) is 0 Å². The minimum Gasteiger partial charge on any atom is -0.312 e. The van der Waals surface area contributed by atoms with Crippen LogP contribution in [0.5, 0.6) is 0 Å². The van der Waals surface area contributed by atoms with Crippen molar-refractivity contribution in [2.45, 2.75) is 52.6 Å². The summed E-state index contributed by atoms with van der Waals surface area (Å²) in [6, 6.07) is 4.48. The van der Waals surface area contributed by atoms with E-state index in [0.29, 0.717) is 0 Å². The van der Waals surface area contributed by atoms with Crippen molar-refractivity contribution in [3.63, 3.8) is 0 Å². The van der Waals surface area contributed by atoms with E-state index in [1.165, 1.54) is 16.2 Å². The van der Waals surface area contributed by atoms with Crippen LogP contribution in [0.4, 0.5) is 0 Å². The predicted molar refractivity (Wildman–Crippen MR) is 77.8 cm³/mol. The molecule has 1 aromatic heterocycles. The first kappa shape index (κ1) is 14.7. The van der Waals surface area contributed by atoms with E-state index in [1.807, 2.05) is 11.3 Å². The molecule has 98 valence electrons. The summed E-state index contributed by atoms with van der Waals surface area (Å²) in [4.78, 5) is 2.93. The molecule has 0 saturated heterocycles. The lowest BCUT2D eigenvalue weighted by molar-refractivity contribution is 0.418. The van der Waals surface area contributed by atoms with Gasteiger partial charge in [0, 0.05) is 21.8 Å². The molecule has 17 heavy (non-hydrogen) atoms. The summed E-state index contributed by atoms with van der Waals surface area (Å²) in [7, 11) is 0. The second-order valence-electron chi connectivity index (χ2n) is 5.43. The van der Waals surface area contributed by atoms with Crippen LogP contribution >= 0.6 is 11.3 Å². The fourth-order valence-electron chi connectivity index (χ4n) is 1.60. The number of aryl methyl sites for hydroxylation is 1. The Balaban J connectivity index is 2.04. The van der Waals surface area contributed by atoms with Crippen molar-refractivity contribution in [2.24, 2.45) is 0 Å². The number of nitrogens with one attached hydrogen (secondary N) is 2. The van der Waals surface area contributed by atoms with Gasteiger partial charge in [0.1, 0.15) is 0 Å². The standard InChI is InChI=1S/C14H26N2S/c1-5-12-7-8-13(17-12)11-15-9-6-10-16-14(2,3)4/h7-8,15-16H,5-6,9-11H2,1-4H3. The molecule has 0 aromatic carbocycles. The molecule has 1 rings (SSSR count). The Morgan fingerprint density at radius 3 is 2.41 bits per heavy atom. The summed E-state index contributed by atoms with van der Waals surface area (Å²) in [5.41, 5.74) is 0.240. The molecular formula is C14H26N2S. The van der Waals surface area contributed by atoms with Gasteiger partial charge in [-0.05, 0) is 58.8 Å². The van der Waals surface area contributed by atoms with Gasteiger partial charge in [-0.25, -0.2) is 0 Å². The van der Waals surface area contributed by atoms with E-state index in [1.54, 1.807) is 0 Å². The average Bonchev–Trinajstić information content (AvgIpc) is 2.69. The van der Waals surface area contributed by atoms with Crippen molar-refractivity contribution in [1.29, 1.82) is 0 Å². The first-order chi connectivity index (χ1) is 8.01. The molecule has 0 spiro atoms. The molecule has 0 atom stereocenters. The van der Waals surface area contributed by atoms with Crippen LogP contribution in [0.2, 0.25) is 0 Å². The largest absolute Gasteiger partial charge is 0.312 e. The lowest BCUT2D eigenvalue weighted by Crippen LogP contribution is -2.37. The Hall–Kier alpha value is -0.380. The van der Waals surface area contributed by atoms with Gasteiger partial charge in [0.25, 0.3) is 0 Å². The van der Waals surface area contributed by atoms with E-state index in [0.717, 1.165) is 26.1 Å². The molecule has 0 unspecified atom stereocenters. The van der Waals surface area contributed by atoms with E-state index in [4.69, 9.17) is 0 Å². The molecule has 0 amide bonds. The van der Waals surface area contributed by atoms with E-state index < -0.39 is 0 Å². The van der Waals surface area contributed by atoms with E-state index in [2.05, 4.69) is 50.5 Å². The SMILES string of the molecule is CCc1ccc(CNCCCNC(C)(C)C)s1. The third kappa shape index (κ3) is 6.81. The average molecular weight is 254 g/mol. The molecule has 3 heteroatoms. The Bertz CT molecular complexity index is 312. The summed E-state index contributed by atoms with van der Waals surface area (Å²) in [6.07, 6.45) is 2.34. The van der Waals surface area contributed by atoms with Gasteiger partial charge in [-0.15, -0.1) is 11.3 Å². The van der Waals surface area contributed by atoms with Crippen LogP contribution in [0.25, 0.3) is 0 Å². The highest BCUT2D eigenvalue weighted by molar-refractivity contribution is 7.11. The van der Waals surface area contributed by atoms with Crippen LogP contribution in [-0.4, -0.2) is 18.6 Å². The van der Waals surface area contributed by atoms with Crippen molar-refractivity contribution >= 4 is 11.3 Å². The molecule has 0 aliphatic rings. The van der Waals surface area contributed by atoms with Gasteiger partial charge in [-0.3, -0.25) is 0 Å². The van der Waals surface area contributed by atoms with E-state index in [-0.39, 0.29) is 5.54 Å². The second kappa shape index (κ2) is 7.14. The minimum absolute atomic E-state index is 0.240. The van der Waals surface area contributed by atoms with Crippen molar-refractivity contribution in [2.75, 3.05) is 13.1 Å². The van der Waals surface area contributed by atoms with Gasteiger partial charge >= 0.3 is 0 Å². The van der Waals surface area contributed by atoms with Crippen LogP contribution in [0, 0.1) is 0 Å². The molecule has 0 aliphatic heterocycles. The minimum atomic E-state index is 0.240. The maximum Gasteiger partial charge on any atom is 0.0299 e. The normalized spacial score (nSPS) is 12.0. The maximum atomic E-state index is 3.50. The molecule has 1 aromatic rings. The molecular weight excluding hydrogens is 228 g/mol. The number of rotatable bonds is 7. The molecule has 0 aliphatic carbocycles. The summed E-state index contributed by atoms with van der Waals surface area (Å²) in [5, 5.41) is 6.99. The predicted octanol–water partition coefficient (Wildman–Crippen LogP) is 3.18. The number of hydrogen-bond donors (Lipinski definition) is 2. The van der Waals surface area contributed by atoms with Crippen molar-refractivity contribution in [3.05, 3.63) is 21.9 Å². The maximum absolute atomic E-state index is 3.50. The molecule has 0 bridgehead atoms. The van der Waals surface area contributed by atoms with Gasteiger partial charge in [0.05, 0.1) is 0 Å². The zero-order valence-corrected chi connectivity index (χ0v) is 12.4. The van der Waals surface area contributed by atoms with Crippen molar-refractivity contribution in [3.8, 4) is 0 Å². The molecule has 0 fully saturated rings. The molecule has 0 saturated carbocycles. The first-order valence-corrected chi connectivity index (χ1v) is 7.36. The Kier molecular flexibility index (Phi) is 6.17. The monoisotopic (exact) mass is 254 g/mol. The van der Waals surface area contributed by atoms with Gasteiger partial charge < -0.3 is 10.6 Å². The zero-order chi connectivity index (χ0) is 12.7. The summed E-state index contributed by atoms with van der Waals surface area (Å²) < 4.78 is 0. The lowest BCUT2D eigenvalue weighted by Gasteiger charge is -2.20. The lowest BCUT2D eigenvalue weighted by atomic mass is 10.1. The van der Waals surface area contributed by atoms with Gasteiger partial charge in [0.2, 0.25) is 0 Å². The highest BCUT2D eigenvalue weighted by atomic mass is 32.1. The summed E-state index contributed by atoms with van der Waals surface area (Å²) in [6.45, 7) is 12.0. The van der Waals surface area contributed by atoms with Crippen LogP contribution in [-0.2, 0) is 13.0 Å². The fourth-order valence-corrected chi connectivity index (χ4v) is 2.52. The Labute approximate surface area is 110 Å². The summed E-state index contributed by atoms with van der Waals surface area (Å²) >= 11 is 1.92. The van der Waals surface area contributed by atoms with Crippen molar-refractivity contribution in [1.82, 2.24) is 10.6 Å². The van der Waals surface area contributed by atoms with Crippen LogP contribution in [0.15, 0.2) is 12.1 Å². The molecule has 2 N–H and O–H groups in total. The molecule has 2 nitrogen and oxygen atoms in total. The number of hydrogen-bond acceptors (Lipinski definition) is 3.